The van der Waals surface area contributed by atoms with Gasteiger partial charge >= 0.3 is 0 Å². The van der Waals surface area contributed by atoms with Crippen LogP contribution in [-0.4, -0.2) is 16.9 Å². The quantitative estimate of drug-likeness (QED) is 0.464. The third kappa shape index (κ3) is 4.39. The molecule has 0 aliphatic rings. The summed E-state index contributed by atoms with van der Waals surface area (Å²) in [6, 6.07) is 29.0. The van der Waals surface area contributed by atoms with Gasteiger partial charge in [-0.1, -0.05) is 48.5 Å². The summed E-state index contributed by atoms with van der Waals surface area (Å²) >= 11 is 0. The van der Waals surface area contributed by atoms with E-state index in [9.17, 15) is 0 Å². The summed E-state index contributed by atoms with van der Waals surface area (Å²) in [5.74, 6) is 0.841. The molecule has 0 aliphatic heterocycles. The predicted octanol–water partition coefficient (Wildman–Crippen LogP) is 5.40. The minimum Gasteiger partial charge on any atom is -0.497 e. The average molecular weight is 383 g/mol. The van der Waals surface area contributed by atoms with Gasteiger partial charge in [-0.05, 0) is 48.9 Å². The summed E-state index contributed by atoms with van der Waals surface area (Å²) < 4.78 is 7.25. The Morgan fingerprint density at radius 2 is 1.55 bits per heavy atom. The Morgan fingerprint density at radius 1 is 0.897 bits per heavy atom. The van der Waals surface area contributed by atoms with E-state index < -0.39 is 0 Å². The molecule has 1 N–H and O–H groups in total. The highest BCUT2D eigenvalue weighted by atomic mass is 16.5. The average Bonchev–Trinajstić information content (AvgIpc) is 3.23. The number of hydrogen-bond acceptors (Lipinski definition) is 3. The van der Waals surface area contributed by atoms with Crippen molar-refractivity contribution in [2.75, 3.05) is 7.11 Å². The lowest BCUT2D eigenvalue weighted by molar-refractivity contribution is 0.415. The van der Waals surface area contributed by atoms with Crippen LogP contribution in [0.15, 0.2) is 91.1 Å². The van der Waals surface area contributed by atoms with E-state index in [0.29, 0.717) is 0 Å². The standard InChI is InChI=1S/C25H25N3O/c1-19(20-9-5-3-6-10-20)26-17-22-18-28(23-11-7-4-8-12-23)27-25(22)21-13-15-24(29-2)16-14-21/h3-16,18-19,26H,17H2,1-2H3/t19-/m1/s1. The van der Waals surface area contributed by atoms with Crippen LogP contribution in [0.4, 0.5) is 0 Å². The highest BCUT2D eigenvalue weighted by Crippen LogP contribution is 2.26. The zero-order valence-electron chi connectivity index (χ0n) is 16.7. The van der Waals surface area contributed by atoms with E-state index in [1.807, 2.05) is 41.1 Å². The summed E-state index contributed by atoms with van der Waals surface area (Å²) in [6.07, 6.45) is 2.11. The summed E-state index contributed by atoms with van der Waals surface area (Å²) in [7, 11) is 1.68. The lowest BCUT2D eigenvalue weighted by Gasteiger charge is -2.14. The fourth-order valence-electron chi connectivity index (χ4n) is 3.37. The molecule has 0 unspecified atom stereocenters. The number of hydrogen-bond donors (Lipinski definition) is 1. The largest absolute Gasteiger partial charge is 0.497 e. The smallest absolute Gasteiger partial charge is 0.118 e. The Balaban J connectivity index is 1.64. The van der Waals surface area contributed by atoms with E-state index in [0.717, 1.165) is 34.8 Å². The molecule has 1 aromatic heterocycles. The molecule has 0 spiro atoms. The van der Waals surface area contributed by atoms with Gasteiger partial charge in [0.15, 0.2) is 0 Å². The minimum absolute atomic E-state index is 0.250. The van der Waals surface area contributed by atoms with Crippen LogP contribution < -0.4 is 10.1 Å². The fraction of sp³-hybridized carbons (Fsp3) is 0.160. The van der Waals surface area contributed by atoms with E-state index in [1.54, 1.807) is 7.11 Å². The van der Waals surface area contributed by atoms with Crippen LogP contribution in [0.5, 0.6) is 5.75 Å². The molecule has 4 aromatic rings. The van der Waals surface area contributed by atoms with Gasteiger partial charge in [0.2, 0.25) is 0 Å². The van der Waals surface area contributed by atoms with Crippen molar-refractivity contribution in [3.8, 4) is 22.7 Å². The van der Waals surface area contributed by atoms with E-state index in [1.165, 1.54) is 5.56 Å². The Hall–Kier alpha value is -3.37. The molecule has 3 aromatic carbocycles. The molecule has 0 radical (unpaired) electrons. The zero-order chi connectivity index (χ0) is 20.1. The topological polar surface area (TPSA) is 39.1 Å². The van der Waals surface area contributed by atoms with E-state index in [-0.39, 0.29) is 6.04 Å². The number of aromatic nitrogens is 2. The molecule has 0 bridgehead atoms. The zero-order valence-corrected chi connectivity index (χ0v) is 16.7. The van der Waals surface area contributed by atoms with Gasteiger partial charge in [-0.3, -0.25) is 0 Å². The fourth-order valence-corrected chi connectivity index (χ4v) is 3.37. The van der Waals surface area contributed by atoms with E-state index in [2.05, 4.69) is 67.0 Å². The Bertz CT molecular complexity index is 1040. The van der Waals surface area contributed by atoms with Crippen molar-refractivity contribution in [2.45, 2.75) is 19.5 Å². The number of nitrogens with one attached hydrogen (secondary N) is 1. The molecule has 1 atom stereocenters. The molecule has 4 rings (SSSR count). The normalized spacial score (nSPS) is 11.9. The summed E-state index contributed by atoms with van der Waals surface area (Å²) in [6.45, 7) is 2.91. The Kier molecular flexibility index (Phi) is 5.73. The van der Waals surface area contributed by atoms with Crippen LogP contribution in [0.25, 0.3) is 16.9 Å². The maximum Gasteiger partial charge on any atom is 0.118 e. The molecule has 4 heteroatoms. The third-order valence-electron chi connectivity index (χ3n) is 5.07. The molecule has 1 heterocycles. The van der Waals surface area contributed by atoms with Crippen molar-refractivity contribution in [1.82, 2.24) is 15.1 Å². The number of ether oxygens (including phenoxy) is 1. The monoisotopic (exact) mass is 383 g/mol. The van der Waals surface area contributed by atoms with Crippen molar-refractivity contribution in [1.29, 1.82) is 0 Å². The molecule has 29 heavy (non-hydrogen) atoms. The number of rotatable bonds is 7. The maximum atomic E-state index is 5.30. The number of methoxy groups -OCH3 is 1. The van der Waals surface area contributed by atoms with E-state index in [4.69, 9.17) is 9.84 Å². The molecule has 0 amide bonds. The number of benzene rings is 3. The van der Waals surface area contributed by atoms with Crippen molar-refractivity contribution >= 4 is 0 Å². The first-order chi connectivity index (χ1) is 14.2. The van der Waals surface area contributed by atoms with Gasteiger partial charge < -0.3 is 10.1 Å². The third-order valence-corrected chi connectivity index (χ3v) is 5.07. The van der Waals surface area contributed by atoms with Gasteiger partial charge in [0.05, 0.1) is 18.5 Å². The molecule has 0 fully saturated rings. The molecule has 4 nitrogen and oxygen atoms in total. The summed E-state index contributed by atoms with van der Waals surface area (Å²) in [4.78, 5) is 0. The first kappa shape index (κ1) is 19.0. The van der Waals surface area contributed by atoms with Crippen molar-refractivity contribution in [3.05, 3.63) is 102 Å². The van der Waals surface area contributed by atoms with Crippen molar-refractivity contribution in [2.24, 2.45) is 0 Å². The number of para-hydroxylation sites is 1. The van der Waals surface area contributed by atoms with Gasteiger partial charge in [-0.25, -0.2) is 4.68 Å². The minimum atomic E-state index is 0.250. The summed E-state index contributed by atoms with van der Waals surface area (Å²) in [5.41, 5.74) is 5.52. The Morgan fingerprint density at radius 3 is 2.21 bits per heavy atom. The molecular weight excluding hydrogens is 358 g/mol. The number of nitrogens with zero attached hydrogens (tertiary/aromatic N) is 2. The predicted molar refractivity (Wildman–Crippen MR) is 117 cm³/mol. The molecule has 0 saturated carbocycles. The van der Waals surface area contributed by atoms with Gasteiger partial charge in [-0.15, -0.1) is 0 Å². The second-order valence-corrected chi connectivity index (χ2v) is 7.02. The van der Waals surface area contributed by atoms with Gasteiger partial charge in [0.25, 0.3) is 0 Å². The molecule has 0 aliphatic carbocycles. The molecule has 0 saturated heterocycles. The first-order valence-corrected chi connectivity index (χ1v) is 9.81. The highest BCUT2D eigenvalue weighted by Gasteiger charge is 2.14. The van der Waals surface area contributed by atoms with Gasteiger partial charge in [-0.2, -0.15) is 5.10 Å². The second kappa shape index (κ2) is 8.76. The van der Waals surface area contributed by atoms with E-state index >= 15 is 0 Å². The summed E-state index contributed by atoms with van der Waals surface area (Å²) in [5, 5.41) is 8.53. The highest BCUT2D eigenvalue weighted by molar-refractivity contribution is 5.64. The second-order valence-electron chi connectivity index (χ2n) is 7.02. The van der Waals surface area contributed by atoms with Crippen molar-refractivity contribution < 1.29 is 4.74 Å². The lowest BCUT2D eigenvalue weighted by Crippen LogP contribution is -2.18. The lowest BCUT2D eigenvalue weighted by atomic mass is 10.1. The first-order valence-electron chi connectivity index (χ1n) is 9.81. The Labute approximate surface area is 171 Å². The van der Waals surface area contributed by atoms with Crippen LogP contribution in [0, 0.1) is 0 Å². The molecular formula is C25H25N3O. The molecule has 146 valence electrons. The van der Waals surface area contributed by atoms with Crippen LogP contribution in [0.3, 0.4) is 0 Å². The van der Waals surface area contributed by atoms with Crippen LogP contribution in [-0.2, 0) is 6.54 Å². The van der Waals surface area contributed by atoms with Crippen LogP contribution >= 0.6 is 0 Å². The van der Waals surface area contributed by atoms with Gasteiger partial charge in [0.1, 0.15) is 5.75 Å². The van der Waals surface area contributed by atoms with Crippen LogP contribution in [0.1, 0.15) is 24.1 Å². The van der Waals surface area contributed by atoms with Crippen LogP contribution in [0.2, 0.25) is 0 Å². The maximum absolute atomic E-state index is 5.30. The van der Waals surface area contributed by atoms with Crippen molar-refractivity contribution in [3.63, 3.8) is 0 Å². The van der Waals surface area contributed by atoms with Gasteiger partial charge in [0, 0.05) is 29.9 Å². The SMILES string of the molecule is COc1ccc(-c2nn(-c3ccccc3)cc2CN[C@H](C)c2ccccc2)cc1.